The summed E-state index contributed by atoms with van der Waals surface area (Å²) in [5.74, 6) is -1.02. The maximum atomic E-state index is 13.1. The zero-order valence-electron chi connectivity index (χ0n) is 24.7. The smallest absolute Gasteiger partial charge is 0.396 e. The fourth-order valence-corrected chi connectivity index (χ4v) is 4.96. The SMILES string of the molecule is C#C.C#C.C=C.CC(N)=O.CCCCO.O=S(=O)(c1ccc(F)cc1)N1CCCc2cc(C(O)(C(F)(F)F)C(F)(F)F)ccc21. The molecule has 2 aromatic rings. The van der Waals surface area contributed by atoms with Gasteiger partial charge in [0.1, 0.15) is 5.82 Å². The fourth-order valence-electron chi connectivity index (χ4n) is 3.42. The Morgan fingerprint density at radius 3 is 1.78 bits per heavy atom. The molecule has 0 saturated carbocycles. The molecule has 0 saturated heterocycles. The first-order valence-corrected chi connectivity index (χ1v) is 14.1. The van der Waals surface area contributed by atoms with Gasteiger partial charge in [0.25, 0.3) is 15.6 Å². The van der Waals surface area contributed by atoms with Crippen molar-refractivity contribution in [2.45, 2.75) is 62.4 Å². The number of alkyl halides is 6. The van der Waals surface area contributed by atoms with Crippen molar-refractivity contribution in [2.24, 2.45) is 5.73 Å². The summed E-state index contributed by atoms with van der Waals surface area (Å²) in [6.45, 7) is 9.63. The van der Waals surface area contributed by atoms with Gasteiger partial charge < -0.3 is 15.9 Å². The summed E-state index contributed by atoms with van der Waals surface area (Å²) in [5, 5.41) is 17.6. The van der Waals surface area contributed by atoms with Crippen molar-refractivity contribution in [3.05, 3.63) is 72.6 Å². The van der Waals surface area contributed by atoms with Gasteiger partial charge in [-0.2, -0.15) is 26.3 Å². The normalized spacial score (nSPS) is 12.2. The van der Waals surface area contributed by atoms with Crippen molar-refractivity contribution in [3.63, 3.8) is 0 Å². The number of nitrogens with two attached hydrogens (primary N) is 1. The summed E-state index contributed by atoms with van der Waals surface area (Å²) in [4.78, 5) is 8.93. The summed E-state index contributed by atoms with van der Waals surface area (Å²) in [5.41, 5.74) is -2.30. The standard InChI is InChI=1S/C18H14F7NO3S.C4H10O.C2H5NO.C2H4.2C2H2/c19-13-4-6-14(7-5-13)30(28,29)26-9-1-2-11-10-12(3-8-15(11)26)16(27,17(20,21)22)18(23,24)25;1-2-3-4-5;1-2(3)4;3*1-2/h3-8,10,27H,1-2,9H2;5H,2-4H2,1H3;1H3,(H2,3,4);1-2H2;2*1-2H. The molecule has 0 fully saturated rings. The molecule has 1 heterocycles. The Balaban J connectivity index is -0.000000998. The molecule has 4 N–H and O–H groups in total. The van der Waals surface area contributed by atoms with Crippen LogP contribution in [-0.2, 0) is 26.8 Å². The van der Waals surface area contributed by atoms with Crippen molar-refractivity contribution in [3.8, 4) is 25.7 Å². The number of fused-ring (bicyclic) bond motifs is 1. The molecule has 0 aromatic heterocycles. The number of aliphatic hydroxyl groups is 2. The molecule has 45 heavy (non-hydrogen) atoms. The molecule has 1 amide bonds. The number of nitrogens with zero attached hydrogens (tertiary/aromatic N) is 1. The van der Waals surface area contributed by atoms with Crippen LogP contribution in [0.3, 0.4) is 0 Å². The second kappa shape index (κ2) is 20.8. The Morgan fingerprint density at radius 2 is 1.42 bits per heavy atom. The number of sulfonamides is 1. The van der Waals surface area contributed by atoms with Crippen molar-refractivity contribution in [1.82, 2.24) is 0 Å². The first-order chi connectivity index (χ1) is 20.8. The van der Waals surface area contributed by atoms with Crippen LogP contribution >= 0.6 is 0 Å². The minimum Gasteiger partial charge on any atom is -0.396 e. The maximum Gasteiger partial charge on any atom is 0.430 e. The van der Waals surface area contributed by atoms with Gasteiger partial charge in [0.15, 0.2) is 0 Å². The van der Waals surface area contributed by atoms with E-state index in [2.05, 4.69) is 51.5 Å². The number of carbonyl (C=O) groups is 1. The Hall–Kier alpha value is -4.05. The number of aryl methyl sites for hydroxylation is 1. The highest BCUT2D eigenvalue weighted by atomic mass is 32.2. The summed E-state index contributed by atoms with van der Waals surface area (Å²) in [6.07, 6.45) is 6.07. The van der Waals surface area contributed by atoms with Gasteiger partial charge in [0, 0.05) is 25.6 Å². The third-order valence-corrected chi connectivity index (χ3v) is 7.13. The van der Waals surface area contributed by atoms with Crippen LogP contribution in [0.2, 0.25) is 0 Å². The highest BCUT2D eigenvalue weighted by Crippen LogP contribution is 2.51. The van der Waals surface area contributed by atoms with E-state index < -0.39 is 39.4 Å². The molecule has 0 aliphatic carbocycles. The largest absolute Gasteiger partial charge is 0.430 e. The average molecular weight is 671 g/mol. The van der Waals surface area contributed by atoms with Crippen molar-refractivity contribution in [2.75, 3.05) is 17.5 Å². The Labute approximate surface area is 259 Å². The number of halogens is 7. The molecule has 0 bridgehead atoms. The highest BCUT2D eigenvalue weighted by molar-refractivity contribution is 7.92. The molecule has 0 spiro atoms. The van der Waals surface area contributed by atoms with Crippen molar-refractivity contribution in [1.29, 1.82) is 0 Å². The fraction of sp³-hybridized carbons (Fsp3) is 0.367. The Morgan fingerprint density at radius 1 is 0.978 bits per heavy atom. The average Bonchev–Trinajstić information content (AvgIpc) is 2.98. The molecule has 15 heteroatoms. The molecule has 0 atom stereocenters. The highest BCUT2D eigenvalue weighted by Gasteiger charge is 2.71. The van der Waals surface area contributed by atoms with E-state index in [0.717, 1.165) is 47.5 Å². The van der Waals surface area contributed by atoms with Crippen LogP contribution in [0.25, 0.3) is 0 Å². The van der Waals surface area contributed by atoms with Gasteiger partial charge in [-0.05, 0) is 55.2 Å². The lowest BCUT2D eigenvalue weighted by molar-refractivity contribution is -0.376. The minimum absolute atomic E-state index is 0.00437. The molecule has 252 valence electrons. The van der Waals surface area contributed by atoms with Crippen molar-refractivity contribution < 1.29 is 54.2 Å². The zero-order chi connectivity index (χ0) is 36.2. The first-order valence-electron chi connectivity index (χ1n) is 12.7. The maximum absolute atomic E-state index is 13.1. The lowest BCUT2D eigenvalue weighted by atomic mass is 9.89. The number of amides is 1. The molecule has 1 aliphatic heterocycles. The second-order valence-corrected chi connectivity index (χ2v) is 10.2. The number of hydrogen-bond acceptors (Lipinski definition) is 5. The molecular weight excluding hydrogens is 633 g/mol. The van der Waals surface area contributed by atoms with Gasteiger partial charge in [0.05, 0.1) is 10.6 Å². The van der Waals surface area contributed by atoms with Gasteiger partial charge in [-0.15, -0.1) is 38.9 Å². The van der Waals surface area contributed by atoms with Crippen LogP contribution < -0.4 is 10.0 Å². The van der Waals surface area contributed by atoms with E-state index in [4.69, 9.17) is 5.11 Å². The summed E-state index contributed by atoms with van der Waals surface area (Å²) < 4.78 is 118. The Bertz CT molecular complexity index is 1280. The minimum atomic E-state index is -6.05. The van der Waals surface area contributed by atoms with Gasteiger partial charge in [-0.3, -0.25) is 9.10 Å². The van der Waals surface area contributed by atoms with E-state index in [-0.39, 0.29) is 41.4 Å². The Kier molecular flexibility index (Phi) is 21.0. The molecule has 0 radical (unpaired) electrons. The third kappa shape index (κ3) is 12.8. The van der Waals surface area contributed by atoms with E-state index in [1.54, 1.807) is 0 Å². The van der Waals surface area contributed by atoms with Gasteiger partial charge in [0.2, 0.25) is 5.91 Å². The van der Waals surface area contributed by atoms with Crippen LogP contribution in [0.1, 0.15) is 44.2 Å². The van der Waals surface area contributed by atoms with E-state index in [9.17, 15) is 49.1 Å². The summed E-state index contributed by atoms with van der Waals surface area (Å²) in [6, 6.07) is 5.54. The quantitative estimate of drug-likeness (QED) is 0.210. The van der Waals surface area contributed by atoms with E-state index in [1.165, 1.54) is 6.92 Å². The molecular formula is C30H37F7N2O5S. The first kappa shape index (κ1) is 45.4. The number of anilines is 1. The number of rotatable bonds is 5. The van der Waals surface area contributed by atoms with Crippen LogP contribution in [0, 0.1) is 31.5 Å². The summed E-state index contributed by atoms with van der Waals surface area (Å²) >= 11 is 0. The number of hydrogen-bond donors (Lipinski definition) is 3. The number of benzene rings is 2. The monoisotopic (exact) mass is 670 g/mol. The zero-order valence-corrected chi connectivity index (χ0v) is 25.5. The van der Waals surface area contributed by atoms with Gasteiger partial charge in [-0.25, -0.2) is 12.8 Å². The molecule has 0 unspecified atom stereocenters. The predicted octanol–water partition coefficient (Wildman–Crippen LogP) is 5.85. The lowest BCUT2D eigenvalue weighted by Gasteiger charge is -2.35. The molecule has 2 aromatic carbocycles. The topological polar surface area (TPSA) is 121 Å². The van der Waals surface area contributed by atoms with E-state index >= 15 is 0 Å². The van der Waals surface area contributed by atoms with Gasteiger partial charge in [-0.1, -0.05) is 25.5 Å². The van der Waals surface area contributed by atoms with Gasteiger partial charge >= 0.3 is 12.4 Å². The van der Waals surface area contributed by atoms with Crippen LogP contribution in [-0.4, -0.2) is 50.0 Å². The van der Waals surface area contributed by atoms with E-state index in [0.29, 0.717) is 18.7 Å². The second-order valence-electron chi connectivity index (χ2n) is 8.37. The lowest BCUT2D eigenvalue weighted by Crippen LogP contribution is -2.54. The number of primary amides is 1. The number of carbonyl (C=O) groups excluding carboxylic acids is 1. The van der Waals surface area contributed by atoms with Crippen molar-refractivity contribution >= 4 is 21.6 Å². The van der Waals surface area contributed by atoms with Crippen LogP contribution in [0.5, 0.6) is 0 Å². The van der Waals surface area contributed by atoms with Crippen LogP contribution in [0.15, 0.2) is 60.5 Å². The van der Waals surface area contributed by atoms with Crippen LogP contribution in [0.4, 0.5) is 36.4 Å². The van der Waals surface area contributed by atoms with E-state index in [1.807, 2.05) is 0 Å². The molecule has 3 rings (SSSR count). The number of terminal acetylenes is 2. The number of aliphatic hydroxyl groups excluding tert-OH is 1. The molecule has 7 nitrogen and oxygen atoms in total. The summed E-state index contributed by atoms with van der Waals surface area (Å²) in [7, 11) is -4.24. The third-order valence-electron chi connectivity index (χ3n) is 5.31. The number of unbranched alkanes of at least 4 members (excludes halogenated alkanes) is 1. The predicted molar refractivity (Wildman–Crippen MR) is 160 cm³/mol. The molecule has 1 aliphatic rings.